The van der Waals surface area contributed by atoms with Crippen molar-refractivity contribution >= 4 is 11.7 Å². The number of carbonyl (C=O) groups excluding carboxylic acids is 1. The average Bonchev–Trinajstić information content (AvgIpc) is 2.96. The van der Waals surface area contributed by atoms with E-state index in [0.717, 1.165) is 5.69 Å². The lowest BCUT2D eigenvalue weighted by Gasteiger charge is -2.39. The standard InChI is InChI=1S/C15H21N5O3/c1-9(2)11-6-10(18-14-16-8-17-20(11)14)13(22)19-5-4-15(3,23)12(21)7-19/h6,8-9,12,21,23H,4-5,7H2,1-3H3/t12-,15-/m0/s1. The molecule has 2 N–H and O–H groups in total. The van der Waals surface area contributed by atoms with Crippen LogP contribution in [0, 0.1) is 0 Å². The molecule has 0 spiro atoms. The molecule has 3 heterocycles. The highest BCUT2D eigenvalue weighted by molar-refractivity contribution is 5.93. The summed E-state index contributed by atoms with van der Waals surface area (Å²) in [6.45, 7) is 6.05. The molecule has 1 saturated heterocycles. The first-order valence-electron chi connectivity index (χ1n) is 7.70. The first-order valence-corrected chi connectivity index (χ1v) is 7.70. The van der Waals surface area contributed by atoms with Gasteiger partial charge >= 0.3 is 0 Å². The molecule has 0 unspecified atom stereocenters. The number of likely N-dealkylation sites (tertiary alicyclic amines) is 1. The number of amides is 1. The molecule has 0 aliphatic carbocycles. The molecule has 2 aromatic heterocycles. The molecule has 1 aliphatic rings. The first-order chi connectivity index (χ1) is 10.8. The summed E-state index contributed by atoms with van der Waals surface area (Å²) in [5.41, 5.74) is -0.0343. The van der Waals surface area contributed by atoms with Gasteiger partial charge in [0.05, 0.1) is 17.4 Å². The van der Waals surface area contributed by atoms with Gasteiger partial charge in [-0.1, -0.05) is 13.8 Å². The maximum absolute atomic E-state index is 12.7. The number of aromatic nitrogens is 4. The van der Waals surface area contributed by atoms with Gasteiger partial charge in [0.2, 0.25) is 0 Å². The van der Waals surface area contributed by atoms with Gasteiger partial charge in [-0.25, -0.2) is 9.50 Å². The van der Waals surface area contributed by atoms with Gasteiger partial charge in [-0.3, -0.25) is 4.79 Å². The predicted molar refractivity (Wildman–Crippen MR) is 82.0 cm³/mol. The molecule has 2 atom stereocenters. The number of aliphatic hydroxyl groups excluding tert-OH is 1. The lowest BCUT2D eigenvalue weighted by Crippen LogP contribution is -2.55. The van der Waals surface area contributed by atoms with E-state index in [1.54, 1.807) is 17.5 Å². The zero-order valence-electron chi connectivity index (χ0n) is 13.5. The number of hydrogen-bond acceptors (Lipinski definition) is 6. The number of hydrogen-bond donors (Lipinski definition) is 2. The molecule has 2 aromatic rings. The van der Waals surface area contributed by atoms with Gasteiger partial charge in [-0.05, 0) is 25.3 Å². The smallest absolute Gasteiger partial charge is 0.272 e. The van der Waals surface area contributed by atoms with Crippen LogP contribution in [0.5, 0.6) is 0 Å². The van der Waals surface area contributed by atoms with Crippen molar-refractivity contribution in [1.82, 2.24) is 24.5 Å². The number of fused-ring (bicyclic) bond motifs is 1. The Balaban J connectivity index is 1.92. The van der Waals surface area contributed by atoms with Gasteiger partial charge in [0.15, 0.2) is 0 Å². The van der Waals surface area contributed by atoms with E-state index in [0.29, 0.717) is 18.7 Å². The van der Waals surface area contributed by atoms with Gasteiger partial charge in [-0.15, -0.1) is 0 Å². The average molecular weight is 319 g/mol. The number of aliphatic hydroxyl groups is 2. The Bertz CT molecular complexity index is 740. The van der Waals surface area contributed by atoms with Crippen molar-refractivity contribution in [3.63, 3.8) is 0 Å². The second kappa shape index (κ2) is 5.54. The summed E-state index contributed by atoms with van der Waals surface area (Å²) in [7, 11) is 0. The Hall–Kier alpha value is -2.06. The second-order valence-corrected chi connectivity index (χ2v) is 6.57. The van der Waals surface area contributed by atoms with Crippen LogP contribution in [-0.2, 0) is 0 Å². The summed E-state index contributed by atoms with van der Waals surface area (Å²) in [6, 6.07) is 1.72. The van der Waals surface area contributed by atoms with E-state index in [1.807, 2.05) is 13.8 Å². The molecule has 0 saturated carbocycles. The maximum atomic E-state index is 12.7. The van der Waals surface area contributed by atoms with Crippen molar-refractivity contribution in [2.75, 3.05) is 13.1 Å². The largest absolute Gasteiger partial charge is 0.388 e. The molecule has 1 amide bonds. The third kappa shape index (κ3) is 2.79. The van der Waals surface area contributed by atoms with E-state index in [-0.39, 0.29) is 24.1 Å². The van der Waals surface area contributed by atoms with Crippen molar-refractivity contribution in [2.45, 2.75) is 44.8 Å². The molecule has 124 valence electrons. The van der Waals surface area contributed by atoms with Crippen molar-refractivity contribution < 1.29 is 15.0 Å². The molecule has 0 radical (unpaired) electrons. The second-order valence-electron chi connectivity index (χ2n) is 6.57. The molecule has 0 bridgehead atoms. The zero-order chi connectivity index (χ0) is 16.8. The van der Waals surface area contributed by atoms with Crippen LogP contribution in [0.3, 0.4) is 0 Å². The number of piperidine rings is 1. The Labute approximate surface area is 133 Å². The van der Waals surface area contributed by atoms with Crippen LogP contribution in [0.25, 0.3) is 5.78 Å². The normalized spacial score (nSPS) is 25.3. The Morgan fingerprint density at radius 1 is 1.48 bits per heavy atom. The summed E-state index contributed by atoms with van der Waals surface area (Å²) in [4.78, 5) is 22.6. The van der Waals surface area contributed by atoms with E-state index >= 15 is 0 Å². The van der Waals surface area contributed by atoms with E-state index < -0.39 is 11.7 Å². The summed E-state index contributed by atoms with van der Waals surface area (Å²) >= 11 is 0. The van der Waals surface area contributed by atoms with Gasteiger partial charge in [0, 0.05) is 13.1 Å². The number of β-amino-alcohol motifs (C(OH)–C–C–N with tert-alkyl or cyclic N) is 1. The molecule has 8 nitrogen and oxygen atoms in total. The fraction of sp³-hybridized carbons (Fsp3) is 0.600. The quantitative estimate of drug-likeness (QED) is 0.820. The van der Waals surface area contributed by atoms with E-state index in [4.69, 9.17) is 0 Å². The molecule has 1 fully saturated rings. The zero-order valence-corrected chi connectivity index (χ0v) is 13.5. The fourth-order valence-corrected chi connectivity index (χ4v) is 2.73. The summed E-state index contributed by atoms with van der Waals surface area (Å²) in [5, 5.41) is 24.1. The molecular formula is C15H21N5O3. The van der Waals surface area contributed by atoms with E-state index in [1.165, 1.54) is 11.2 Å². The van der Waals surface area contributed by atoms with Crippen LogP contribution < -0.4 is 0 Å². The monoisotopic (exact) mass is 319 g/mol. The summed E-state index contributed by atoms with van der Waals surface area (Å²) in [6.07, 6.45) is 0.760. The summed E-state index contributed by atoms with van der Waals surface area (Å²) < 4.78 is 1.62. The SMILES string of the molecule is CC(C)c1cc(C(=O)N2CC[C@](C)(O)[C@@H](O)C2)nc2ncnn12. The third-order valence-corrected chi connectivity index (χ3v) is 4.38. The fourth-order valence-electron chi connectivity index (χ4n) is 2.73. The Morgan fingerprint density at radius 2 is 2.22 bits per heavy atom. The van der Waals surface area contributed by atoms with Crippen LogP contribution in [0.2, 0.25) is 0 Å². The number of nitrogens with zero attached hydrogens (tertiary/aromatic N) is 5. The van der Waals surface area contributed by atoms with Gasteiger partial charge in [0.1, 0.15) is 12.0 Å². The van der Waals surface area contributed by atoms with Crippen molar-refractivity contribution in [2.24, 2.45) is 0 Å². The third-order valence-electron chi connectivity index (χ3n) is 4.38. The Morgan fingerprint density at radius 3 is 2.87 bits per heavy atom. The van der Waals surface area contributed by atoms with Gasteiger partial charge in [0.25, 0.3) is 11.7 Å². The number of carbonyl (C=O) groups is 1. The maximum Gasteiger partial charge on any atom is 0.272 e. The molecule has 3 rings (SSSR count). The summed E-state index contributed by atoms with van der Waals surface area (Å²) in [5.74, 6) is 0.262. The first kappa shape index (κ1) is 15.8. The van der Waals surface area contributed by atoms with Gasteiger partial charge in [-0.2, -0.15) is 10.1 Å². The number of rotatable bonds is 2. The van der Waals surface area contributed by atoms with Crippen LogP contribution in [0.1, 0.15) is 49.3 Å². The van der Waals surface area contributed by atoms with Crippen molar-refractivity contribution in [3.8, 4) is 0 Å². The van der Waals surface area contributed by atoms with Crippen LogP contribution in [0.15, 0.2) is 12.4 Å². The molecule has 23 heavy (non-hydrogen) atoms. The van der Waals surface area contributed by atoms with Gasteiger partial charge < -0.3 is 15.1 Å². The molecule has 0 aromatic carbocycles. The Kier molecular flexibility index (Phi) is 3.81. The van der Waals surface area contributed by atoms with Crippen LogP contribution in [0.4, 0.5) is 0 Å². The molecular weight excluding hydrogens is 298 g/mol. The lowest BCUT2D eigenvalue weighted by molar-refractivity contribution is -0.0999. The van der Waals surface area contributed by atoms with E-state index in [9.17, 15) is 15.0 Å². The topological polar surface area (TPSA) is 104 Å². The highest BCUT2D eigenvalue weighted by atomic mass is 16.3. The van der Waals surface area contributed by atoms with Crippen LogP contribution in [-0.4, -0.2) is 65.4 Å². The highest BCUT2D eigenvalue weighted by Crippen LogP contribution is 2.24. The van der Waals surface area contributed by atoms with Crippen molar-refractivity contribution in [1.29, 1.82) is 0 Å². The molecule has 8 heteroatoms. The van der Waals surface area contributed by atoms with E-state index in [2.05, 4.69) is 15.1 Å². The lowest BCUT2D eigenvalue weighted by atomic mass is 9.90. The minimum atomic E-state index is -1.16. The van der Waals surface area contributed by atoms with Crippen molar-refractivity contribution in [3.05, 3.63) is 23.8 Å². The minimum absolute atomic E-state index is 0.0857. The van der Waals surface area contributed by atoms with Crippen LogP contribution >= 0.6 is 0 Å². The molecule has 1 aliphatic heterocycles. The predicted octanol–water partition coefficient (Wildman–Crippen LogP) is 0.206. The minimum Gasteiger partial charge on any atom is -0.388 e. The highest BCUT2D eigenvalue weighted by Gasteiger charge is 2.38.